The Hall–Kier alpha value is -0.0400. The first kappa shape index (κ1) is 6.66. The lowest BCUT2D eigenvalue weighted by atomic mass is 9.77. The van der Waals surface area contributed by atoms with Crippen molar-refractivity contribution in [3.63, 3.8) is 0 Å². The zero-order valence-electron chi connectivity index (χ0n) is 6.77. The molecule has 0 aromatic rings. The topological polar surface area (TPSA) is 26.0 Å². The maximum atomic E-state index is 5.71. The van der Waals surface area contributed by atoms with Crippen LogP contribution < -0.4 is 5.73 Å². The van der Waals surface area contributed by atoms with Crippen LogP contribution in [0.3, 0.4) is 0 Å². The second kappa shape index (κ2) is 1.97. The molecule has 2 saturated carbocycles. The van der Waals surface area contributed by atoms with Gasteiger partial charge in [0.05, 0.1) is 0 Å². The third-order valence-electron chi connectivity index (χ3n) is 3.77. The largest absolute Gasteiger partial charge is 0.330 e. The highest BCUT2D eigenvalue weighted by Crippen LogP contribution is 2.56. The van der Waals surface area contributed by atoms with E-state index in [9.17, 15) is 0 Å². The zero-order chi connectivity index (χ0) is 7.19. The standard InChI is InChI=1S/C9H17N/c1-9-3-2-7(5-9)4-8(9)6-10/h7-8H,2-6,10H2,1H3/t7-,8-,9?/m1/s1. The average molecular weight is 139 g/mol. The van der Waals surface area contributed by atoms with Crippen molar-refractivity contribution in [1.29, 1.82) is 0 Å². The van der Waals surface area contributed by atoms with Crippen LogP contribution >= 0.6 is 0 Å². The lowest BCUT2D eigenvalue weighted by molar-refractivity contribution is 0.217. The fourth-order valence-electron chi connectivity index (χ4n) is 3.04. The highest BCUT2D eigenvalue weighted by molar-refractivity contribution is 4.98. The molecule has 3 atom stereocenters. The van der Waals surface area contributed by atoms with Gasteiger partial charge < -0.3 is 5.73 Å². The Balaban J connectivity index is 2.14. The molecule has 58 valence electrons. The molecule has 0 spiro atoms. The van der Waals surface area contributed by atoms with Crippen LogP contribution in [0.25, 0.3) is 0 Å². The fourth-order valence-corrected chi connectivity index (χ4v) is 3.04. The van der Waals surface area contributed by atoms with Crippen LogP contribution in [0.2, 0.25) is 0 Å². The molecule has 2 fully saturated rings. The summed E-state index contributed by atoms with van der Waals surface area (Å²) >= 11 is 0. The van der Waals surface area contributed by atoms with Gasteiger partial charge >= 0.3 is 0 Å². The first-order chi connectivity index (χ1) is 4.74. The second-order valence-electron chi connectivity index (χ2n) is 4.43. The van der Waals surface area contributed by atoms with E-state index in [1.807, 2.05) is 0 Å². The smallest absolute Gasteiger partial charge is 0.00436 e. The van der Waals surface area contributed by atoms with Gasteiger partial charge in [-0.1, -0.05) is 6.92 Å². The summed E-state index contributed by atoms with van der Waals surface area (Å²) in [6.45, 7) is 3.35. The number of hydrogen-bond donors (Lipinski definition) is 1. The molecule has 0 aromatic heterocycles. The van der Waals surface area contributed by atoms with Crippen molar-refractivity contribution >= 4 is 0 Å². The molecule has 2 aliphatic carbocycles. The SMILES string of the molecule is CC12CC[C@H](C[C@@H]1CN)C2. The van der Waals surface area contributed by atoms with Crippen LogP contribution in [0.15, 0.2) is 0 Å². The molecule has 0 aromatic carbocycles. The summed E-state index contributed by atoms with van der Waals surface area (Å²) in [5, 5.41) is 0. The number of nitrogens with two attached hydrogens (primary N) is 1. The predicted octanol–water partition coefficient (Wildman–Crippen LogP) is 1.77. The maximum Gasteiger partial charge on any atom is -0.00436 e. The molecular formula is C9H17N. The predicted molar refractivity (Wildman–Crippen MR) is 42.6 cm³/mol. The first-order valence-electron chi connectivity index (χ1n) is 4.45. The molecule has 0 amide bonds. The Kier molecular flexibility index (Phi) is 1.31. The molecule has 0 saturated heterocycles. The average Bonchev–Trinajstić information content (AvgIpc) is 2.41. The van der Waals surface area contributed by atoms with Crippen LogP contribution in [0.4, 0.5) is 0 Å². The van der Waals surface area contributed by atoms with E-state index >= 15 is 0 Å². The molecule has 10 heavy (non-hydrogen) atoms. The van der Waals surface area contributed by atoms with E-state index in [0.29, 0.717) is 5.41 Å². The van der Waals surface area contributed by atoms with E-state index in [4.69, 9.17) is 5.73 Å². The highest BCUT2D eigenvalue weighted by Gasteiger charge is 2.47. The van der Waals surface area contributed by atoms with Crippen molar-refractivity contribution < 1.29 is 0 Å². The van der Waals surface area contributed by atoms with Gasteiger partial charge in [0.2, 0.25) is 0 Å². The molecule has 0 heterocycles. The van der Waals surface area contributed by atoms with Crippen molar-refractivity contribution in [2.45, 2.75) is 32.6 Å². The summed E-state index contributed by atoms with van der Waals surface area (Å²) in [4.78, 5) is 0. The van der Waals surface area contributed by atoms with Gasteiger partial charge in [-0.2, -0.15) is 0 Å². The minimum absolute atomic E-state index is 0.652. The molecule has 2 bridgehead atoms. The van der Waals surface area contributed by atoms with E-state index in [0.717, 1.165) is 18.4 Å². The van der Waals surface area contributed by atoms with E-state index in [-0.39, 0.29) is 0 Å². The summed E-state index contributed by atoms with van der Waals surface area (Å²) in [5.41, 5.74) is 6.36. The summed E-state index contributed by atoms with van der Waals surface area (Å²) in [7, 11) is 0. The van der Waals surface area contributed by atoms with E-state index < -0.39 is 0 Å². The maximum absolute atomic E-state index is 5.71. The van der Waals surface area contributed by atoms with Gasteiger partial charge in [0, 0.05) is 0 Å². The quantitative estimate of drug-likeness (QED) is 0.588. The molecule has 0 radical (unpaired) electrons. The van der Waals surface area contributed by atoms with Gasteiger partial charge in [0.15, 0.2) is 0 Å². The van der Waals surface area contributed by atoms with Crippen molar-refractivity contribution in [2.75, 3.05) is 6.54 Å². The Morgan fingerprint density at radius 3 is 2.70 bits per heavy atom. The fraction of sp³-hybridized carbons (Fsp3) is 1.00. The minimum Gasteiger partial charge on any atom is -0.330 e. The van der Waals surface area contributed by atoms with Crippen LogP contribution in [-0.2, 0) is 0 Å². The zero-order valence-corrected chi connectivity index (χ0v) is 6.77. The van der Waals surface area contributed by atoms with Gasteiger partial charge in [0.25, 0.3) is 0 Å². The van der Waals surface area contributed by atoms with Crippen molar-refractivity contribution in [3.8, 4) is 0 Å². The molecule has 0 aliphatic heterocycles. The van der Waals surface area contributed by atoms with Gasteiger partial charge in [-0.05, 0) is 49.5 Å². The Labute approximate surface area is 63.0 Å². The van der Waals surface area contributed by atoms with Crippen molar-refractivity contribution in [1.82, 2.24) is 0 Å². The molecule has 1 heteroatoms. The number of fused-ring (bicyclic) bond motifs is 2. The molecule has 1 unspecified atom stereocenters. The minimum atomic E-state index is 0.652. The van der Waals surface area contributed by atoms with Gasteiger partial charge in [0.1, 0.15) is 0 Å². The Morgan fingerprint density at radius 1 is 1.60 bits per heavy atom. The van der Waals surface area contributed by atoms with Crippen molar-refractivity contribution in [3.05, 3.63) is 0 Å². The lowest BCUT2D eigenvalue weighted by Gasteiger charge is -2.30. The second-order valence-corrected chi connectivity index (χ2v) is 4.43. The molecular weight excluding hydrogens is 122 g/mol. The monoisotopic (exact) mass is 139 g/mol. The summed E-state index contributed by atoms with van der Waals surface area (Å²) in [6, 6.07) is 0. The highest BCUT2D eigenvalue weighted by atomic mass is 14.6. The van der Waals surface area contributed by atoms with E-state index in [2.05, 4.69) is 6.92 Å². The summed E-state index contributed by atoms with van der Waals surface area (Å²) in [5.74, 6) is 1.89. The number of hydrogen-bond acceptors (Lipinski definition) is 1. The van der Waals surface area contributed by atoms with Gasteiger partial charge in [-0.3, -0.25) is 0 Å². The van der Waals surface area contributed by atoms with Crippen molar-refractivity contribution in [2.24, 2.45) is 23.0 Å². The molecule has 2 rings (SSSR count). The van der Waals surface area contributed by atoms with E-state index in [1.54, 1.807) is 0 Å². The van der Waals surface area contributed by atoms with Crippen LogP contribution in [0.5, 0.6) is 0 Å². The van der Waals surface area contributed by atoms with Crippen LogP contribution in [-0.4, -0.2) is 6.54 Å². The summed E-state index contributed by atoms with van der Waals surface area (Å²) in [6.07, 6.45) is 5.81. The third kappa shape index (κ3) is 0.731. The lowest BCUT2D eigenvalue weighted by Crippen LogP contribution is -2.28. The first-order valence-corrected chi connectivity index (χ1v) is 4.45. The van der Waals surface area contributed by atoms with Gasteiger partial charge in [-0.25, -0.2) is 0 Å². The number of rotatable bonds is 1. The Morgan fingerprint density at radius 2 is 2.40 bits per heavy atom. The normalized spacial score (nSPS) is 52.2. The van der Waals surface area contributed by atoms with Crippen LogP contribution in [0, 0.1) is 17.3 Å². The molecule has 1 nitrogen and oxygen atoms in total. The third-order valence-corrected chi connectivity index (χ3v) is 3.77. The van der Waals surface area contributed by atoms with Crippen LogP contribution in [0.1, 0.15) is 32.6 Å². The molecule has 2 aliphatic rings. The van der Waals surface area contributed by atoms with E-state index in [1.165, 1.54) is 25.7 Å². The summed E-state index contributed by atoms with van der Waals surface area (Å²) < 4.78 is 0. The molecule has 2 N–H and O–H groups in total. The Bertz CT molecular complexity index is 144. The van der Waals surface area contributed by atoms with Gasteiger partial charge in [-0.15, -0.1) is 0 Å².